The molecule has 0 heterocycles. The summed E-state index contributed by atoms with van der Waals surface area (Å²) in [4.78, 5) is 0. The van der Waals surface area contributed by atoms with E-state index in [9.17, 15) is 0 Å². The molecule has 0 spiro atoms. The van der Waals surface area contributed by atoms with E-state index in [4.69, 9.17) is 4.74 Å². The molecule has 1 nitrogen and oxygen atoms in total. The molecule has 0 fully saturated rings. The Bertz CT molecular complexity index is 139. The molecule has 0 aromatic carbocycles. The first-order valence-corrected chi connectivity index (χ1v) is 3.48. The lowest BCUT2D eigenvalue weighted by Gasteiger charge is -2.07. The molecule has 0 bridgehead atoms. The zero-order chi connectivity index (χ0) is 7.82. The third-order valence-electron chi connectivity index (χ3n) is 1.21. The van der Waals surface area contributed by atoms with Gasteiger partial charge in [0.15, 0.2) is 0 Å². The Morgan fingerprint density at radius 3 is 2.80 bits per heavy atom. The lowest BCUT2D eigenvalue weighted by atomic mass is 10.3. The highest BCUT2D eigenvalue weighted by atomic mass is 16.5. The first kappa shape index (κ1) is 9.26. The fraction of sp³-hybridized carbons (Fsp3) is 0.556. The van der Waals surface area contributed by atoms with Crippen molar-refractivity contribution in [2.45, 2.75) is 26.4 Å². The van der Waals surface area contributed by atoms with Crippen molar-refractivity contribution in [3.8, 4) is 11.8 Å². The topological polar surface area (TPSA) is 9.23 Å². The van der Waals surface area contributed by atoms with Gasteiger partial charge in [-0.25, -0.2) is 0 Å². The van der Waals surface area contributed by atoms with E-state index in [-0.39, 0.29) is 6.10 Å². The van der Waals surface area contributed by atoms with Crippen molar-refractivity contribution < 1.29 is 4.74 Å². The van der Waals surface area contributed by atoms with Crippen LogP contribution in [0.1, 0.15) is 20.3 Å². The Morgan fingerprint density at radius 2 is 2.40 bits per heavy atom. The molecule has 0 saturated heterocycles. The Labute approximate surface area is 63.1 Å². The van der Waals surface area contributed by atoms with Crippen LogP contribution in [0.5, 0.6) is 0 Å². The molecule has 0 radical (unpaired) electrons. The van der Waals surface area contributed by atoms with Gasteiger partial charge < -0.3 is 4.74 Å². The largest absolute Gasteiger partial charge is 0.362 e. The predicted octanol–water partition coefficient (Wildman–Crippen LogP) is 1.99. The fourth-order valence-corrected chi connectivity index (χ4v) is 0.573. The van der Waals surface area contributed by atoms with E-state index in [1.807, 2.05) is 0 Å². The van der Waals surface area contributed by atoms with Crippen molar-refractivity contribution in [3.63, 3.8) is 0 Å². The Balaban J connectivity index is 3.40. The van der Waals surface area contributed by atoms with Gasteiger partial charge in [-0.15, -0.1) is 12.5 Å². The summed E-state index contributed by atoms with van der Waals surface area (Å²) < 4.78 is 5.29. The minimum atomic E-state index is 0.167. The predicted molar refractivity (Wildman–Crippen MR) is 43.7 cm³/mol. The molecule has 0 aliphatic carbocycles. The van der Waals surface area contributed by atoms with Crippen molar-refractivity contribution in [2.24, 2.45) is 0 Å². The highest BCUT2D eigenvalue weighted by Gasteiger charge is 1.96. The second-order valence-electron chi connectivity index (χ2n) is 1.92. The van der Waals surface area contributed by atoms with Crippen molar-refractivity contribution in [1.82, 2.24) is 0 Å². The molecule has 0 aliphatic heterocycles. The highest BCUT2D eigenvalue weighted by molar-refractivity contribution is 4.95. The maximum absolute atomic E-state index is 5.29. The average Bonchev–Trinajstić information content (AvgIpc) is 1.99. The summed E-state index contributed by atoms with van der Waals surface area (Å²) in [5.74, 6) is 5.59. The van der Waals surface area contributed by atoms with E-state index in [2.05, 4.69) is 25.3 Å². The fourth-order valence-electron chi connectivity index (χ4n) is 0.573. The molecule has 10 heavy (non-hydrogen) atoms. The van der Waals surface area contributed by atoms with Gasteiger partial charge in [0.05, 0.1) is 6.10 Å². The van der Waals surface area contributed by atoms with Gasteiger partial charge in [0.1, 0.15) is 6.61 Å². The molecule has 0 aliphatic rings. The average molecular weight is 138 g/mol. The molecule has 0 N–H and O–H groups in total. The van der Waals surface area contributed by atoms with Gasteiger partial charge in [-0.2, -0.15) is 0 Å². The van der Waals surface area contributed by atoms with Gasteiger partial charge in [0.25, 0.3) is 0 Å². The van der Waals surface area contributed by atoms with E-state index < -0.39 is 0 Å². The molecular formula is C9H14O. The normalized spacial score (nSPS) is 11.4. The second-order valence-corrected chi connectivity index (χ2v) is 1.92. The van der Waals surface area contributed by atoms with Crippen LogP contribution in [-0.4, -0.2) is 12.7 Å². The number of hydrogen-bond acceptors (Lipinski definition) is 1. The van der Waals surface area contributed by atoms with E-state index in [1.54, 1.807) is 13.0 Å². The van der Waals surface area contributed by atoms with Gasteiger partial charge in [-0.1, -0.05) is 18.9 Å². The SMILES string of the molecule is C=C[C@@H](CC)OCC#CC. The van der Waals surface area contributed by atoms with Crippen LogP contribution in [0.25, 0.3) is 0 Å². The van der Waals surface area contributed by atoms with Crippen LogP contribution in [0.4, 0.5) is 0 Å². The third kappa shape index (κ3) is 4.17. The molecule has 0 amide bonds. The highest BCUT2D eigenvalue weighted by Crippen LogP contribution is 1.96. The van der Waals surface area contributed by atoms with Gasteiger partial charge in [-0.3, -0.25) is 0 Å². The van der Waals surface area contributed by atoms with Gasteiger partial charge in [-0.05, 0) is 13.3 Å². The minimum Gasteiger partial charge on any atom is -0.362 e. The summed E-state index contributed by atoms with van der Waals surface area (Å²) in [6, 6.07) is 0. The second kappa shape index (κ2) is 6.38. The molecular weight excluding hydrogens is 124 g/mol. The zero-order valence-corrected chi connectivity index (χ0v) is 6.68. The quantitative estimate of drug-likeness (QED) is 0.426. The van der Waals surface area contributed by atoms with Crippen LogP contribution in [0, 0.1) is 11.8 Å². The summed E-state index contributed by atoms with van der Waals surface area (Å²) in [5, 5.41) is 0. The van der Waals surface area contributed by atoms with Crippen molar-refractivity contribution >= 4 is 0 Å². The molecule has 1 atom stereocenters. The van der Waals surface area contributed by atoms with Gasteiger partial charge >= 0.3 is 0 Å². The van der Waals surface area contributed by atoms with Crippen LogP contribution in [-0.2, 0) is 4.74 Å². The zero-order valence-electron chi connectivity index (χ0n) is 6.68. The van der Waals surface area contributed by atoms with Crippen LogP contribution in [0.2, 0.25) is 0 Å². The first-order chi connectivity index (χ1) is 4.85. The number of hydrogen-bond donors (Lipinski definition) is 0. The van der Waals surface area contributed by atoms with Gasteiger partial charge in [0.2, 0.25) is 0 Å². The van der Waals surface area contributed by atoms with E-state index in [0.717, 1.165) is 6.42 Å². The van der Waals surface area contributed by atoms with Gasteiger partial charge in [0, 0.05) is 0 Å². The van der Waals surface area contributed by atoms with Crippen molar-refractivity contribution in [2.75, 3.05) is 6.61 Å². The maximum atomic E-state index is 5.29. The van der Waals surface area contributed by atoms with Crippen molar-refractivity contribution in [1.29, 1.82) is 0 Å². The first-order valence-electron chi connectivity index (χ1n) is 3.48. The van der Waals surface area contributed by atoms with Crippen molar-refractivity contribution in [3.05, 3.63) is 12.7 Å². The minimum absolute atomic E-state index is 0.167. The summed E-state index contributed by atoms with van der Waals surface area (Å²) >= 11 is 0. The maximum Gasteiger partial charge on any atom is 0.108 e. The molecule has 0 unspecified atom stereocenters. The molecule has 1 heteroatoms. The van der Waals surface area contributed by atoms with E-state index in [1.165, 1.54) is 0 Å². The summed E-state index contributed by atoms with van der Waals surface area (Å²) in [7, 11) is 0. The van der Waals surface area contributed by atoms with Crippen LogP contribution < -0.4 is 0 Å². The molecule has 0 saturated carbocycles. The number of rotatable bonds is 4. The van der Waals surface area contributed by atoms with E-state index >= 15 is 0 Å². The van der Waals surface area contributed by atoms with E-state index in [0.29, 0.717) is 6.61 Å². The third-order valence-corrected chi connectivity index (χ3v) is 1.21. The standard InChI is InChI=1S/C9H14O/c1-4-7-8-10-9(5-2)6-3/h5,9H,2,6,8H2,1,3H3/t9-/m0/s1. The lowest BCUT2D eigenvalue weighted by Crippen LogP contribution is -2.07. The van der Waals surface area contributed by atoms with Crippen LogP contribution in [0.15, 0.2) is 12.7 Å². The van der Waals surface area contributed by atoms with Crippen LogP contribution in [0.3, 0.4) is 0 Å². The smallest absolute Gasteiger partial charge is 0.108 e. The summed E-state index contributed by atoms with van der Waals surface area (Å²) in [6.45, 7) is 8.02. The Kier molecular flexibility index (Phi) is 5.91. The summed E-state index contributed by atoms with van der Waals surface area (Å²) in [6.07, 6.45) is 2.94. The summed E-state index contributed by atoms with van der Waals surface area (Å²) in [5.41, 5.74) is 0. The molecule has 0 aromatic heterocycles. The Morgan fingerprint density at radius 1 is 1.70 bits per heavy atom. The lowest BCUT2D eigenvalue weighted by molar-refractivity contribution is 0.111. The monoisotopic (exact) mass is 138 g/mol. The molecule has 0 rings (SSSR count). The molecule has 56 valence electrons. The Hall–Kier alpha value is -0.740. The number of ether oxygens (including phenoxy) is 1. The van der Waals surface area contributed by atoms with Crippen LogP contribution >= 0.6 is 0 Å². The molecule has 0 aromatic rings.